The van der Waals surface area contributed by atoms with Gasteiger partial charge in [-0.15, -0.1) is 0 Å². The average Bonchev–Trinajstić information content (AvgIpc) is 2.86. The summed E-state index contributed by atoms with van der Waals surface area (Å²) in [7, 11) is 0. The summed E-state index contributed by atoms with van der Waals surface area (Å²) in [6.45, 7) is 1.90. The van der Waals surface area contributed by atoms with Crippen LogP contribution in [0.2, 0.25) is 0 Å². The first-order chi connectivity index (χ1) is 8.43. The van der Waals surface area contributed by atoms with Gasteiger partial charge in [-0.1, -0.05) is 12.5 Å². The molecule has 2 aromatic rings. The molecule has 1 aromatic heterocycles. The molecule has 0 radical (unpaired) electrons. The maximum Gasteiger partial charge on any atom is 0.128 e. The summed E-state index contributed by atoms with van der Waals surface area (Å²) in [5.41, 5.74) is 1.14. The smallest absolute Gasteiger partial charge is 0.128 e. The summed E-state index contributed by atoms with van der Waals surface area (Å²) in [6.07, 6.45) is 5.79. The lowest BCUT2D eigenvalue weighted by molar-refractivity contribution is 0.241. The van der Waals surface area contributed by atoms with Crippen LogP contribution in [0.3, 0.4) is 0 Å². The molecule has 1 unspecified atom stereocenters. The van der Waals surface area contributed by atoms with Crippen LogP contribution >= 0.6 is 0 Å². The molecule has 3 rings (SSSR count). The molecule has 1 atom stereocenters. The zero-order chi connectivity index (χ0) is 11.5. The fraction of sp³-hybridized carbons (Fsp3) is 0.429. The van der Waals surface area contributed by atoms with Crippen LogP contribution in [-0.2, 0) is 0 Å². The molecule has 0 bridgehead atoms. The van der Waals surface area contributed by atoms with Crippen molar-refractivity contribution in [1.82, 2.24) is 10.3 Å². The maximum atomic E-state index is 5.93. The lowest BCUT2D eigenvalue weighted by atomic mass is 10.1. The normalized spacial score (nSPS) is 20.6. The molecule has 1 saturated heterocycles. The van der Waals surface area contributed by atoms with E-state index in [9.17, 15) is 0 Å². The number of ether oxygens (including phenoxy) is 1. The van der Waals surface area contributed by atoms with Crippen LogP contribution in [-0.4, -0.2) is 24.2 Å². The molecule has 2 heterocycles. The van der Waals surface area contributed by atoms with Crippen molar-refractivity contribution in [1.29, 1.82) is 0 Å². The Morgan fingerprint density at radius 3 is 3.12 bits per heavy atom. The third-order valence-electron chi connectivity index (χ3n) is 3.41. The van der Waals surface area contributed by atoms with E-state index in [1.165, 1.54) is 24.6 Å². The number of benzene rings is 1. The van der Waals surface area contributed by atoms with E-state index in [-0.39, 0.29) is 0 Å². The first-order valence-corrected chi connectivity index (χ1v) is 6.36. The molecular formula is C14H18N2O. The van der Waals surface area contributed by atoms with Crippen molar-refractivity contribution < 1.29 is 4.74 Å². The summed E-state index contributed by atoms with van der Waals surface area (Å²) in [6, 6.07) is 8.72. The largest absolute Gasteiger partial charge is 0.491 e. The number of aromatic nitrogens is 1. The minimum absolute atomic E-state index is 0.512. The van der Waals surface area contributed by atoms with Gasteiger partial charge in [0.25, 0.3) is 0 Å². The van der Waals surface area contributed by atoms with Gasteiger partial charge in [0, 0.05) is 23.1 Å². The molecule has 1 aliphatic rings. The Bertz CT molecular complexity index is 486. The van der Waals surface area contributed by atoms with E-state index in [2.05, 4.69) is 22.4 Å². The Kier molecular flexibility index (Phi) is 3.01. The van der Waals surface area contributed by atoms with Crippen molar-refractivity contribution >= 4 is 10.9 Å². The lowest BCUT2D eigenvalue weighted by Crippen LogP contribution is -2.38. The number of piperidine rings is 1. The molecule has 90 valence electrons. The van der Waals surface area contributed by atoms with E-state index in [0.29, 0.717) is 6.04 Å². The van der Waals surface area contributed by atoms with Crippen LogP contribution in [0.1, 0.15) is 19.3 Å². The Morgan fingerprint density at radius 1 is 1.24 bits per heavy atom. The van der Waals surface area contributed by atoms with Crippen LogP contribution in [0.4, 0.5) is 0 Å². The molecule has 0 amide bonds. The molecule has 2 N–H and O–H groups in total. The van der Waals surface area contributed by atoms with Gasteiger partial charge in [-0.25, -0.2) is 0 Å². The Balaban J connectivity index is 1.69. The number of H-pyrrole nitrogens is 1. The molecule has 17 heavy (non-hydrogen) atoms. The van der Waals surface area contributed by atoms with Crippen molar-refractivity contribution in [3.05, 3.63) is 30.5 Å². The third kappa shape index (κ3) is 2.29. The Hall–Kier alpha value is -1.48. The van der Waals surface area contributed by atoms with Crippen LogP contribution in [0.25, 0.3) is 10.9 Å². The number of rotatable bonds is 3. The molecule has 0 aliphatic carbocycles. The third-order valence-corrected chi connectivity index (χ3v) is 3.41. The van der Waals surface area contributed by atoms with Crippen molar-refractivity contribution in [2.75, 3.05) is 13.2 Å². The van der Waals surface area contributed by atoms with Gasteiger partial charge in [0.15, 0.2) is 0 Å². The van der Waals surface area contributed by atoms with Gasteiger partial charge in [0.2, 0.25) is 0 Å². The second kappa shape index (κ2) is 4.80. The van der Waals surface area contributed by atoms with Gasteiger partial charge < -0.3 is 15.0 Å². The molecule has 1 aromatic carbocycles. The highest BCUT2D eigenvalue weighted by molar-refractivity contribution is 5.85. The minimum atomic E-state index is 0.512. The topological polar surface area (TPSA) is 37.0 Å². The highest BCUT2D eigenvalue weighted by atomic mass is 16.5. The van der Waals surface area contributed by atoms with Crippen LogP contribution < -0.4 is 10.1 Å². The van der Waals surface area contributed by atoms with Gasteiger partial charge in [-0.05, 0) is 37.6 Å². The fourth-order valence-electron chi connectivity index (χ4n) is 2.44. The molecular weight excluding hydrogens is 212 g/mol. The molecule has 3 heteroatoms. The molecule has 0 saturated carbocycles. The number of nitrogens with one attached hydrogen (secondary N) is 2. The van der Waals surface area contributed by atoms with Gasteiger partial charge in [0.1, 0.15) is 12.4 Å². The van der Waals surface area contributed by atoms with Crippen LogP contribution in [0, 0.1) is 0 Å². The van der Waals surface area contributed by atoms with Crippen molar-refractivity contribution in [2.45, 2.75) is 25.3 Å². The molecule has 3 nitrogen and oxygen atoms in total. The number of fused-ring (bicyclic) bond motifs is 1. The molecule has 1 fully saturated rings. The second-order valence-corrected chi connectivity index (χ2v) is 4.65. The lowest BCUT2D eigenvalue weighted by Gasteiger charge is -2.23. The SMILES string of the molecule is c1cc(OCC2CCCCN2)c2cc[nH]c2c1. The first-order valence-electron chi connectivity index (χ1n) is 6.36. The zero-order valence-electron chi connectivity index (χ0n) is 9.91. The van der Waals surface area contributed by atoms with Gasteiger partial charge in [-0.3, -0.25) is 0 Å². The molecule has 0 spiro atoms. The summed E-state index contributed by atoms with van der Waals surface area (Å²) in [4.78, 5) is 3.20. The highest BCUT2D eigenvalue weighted by Gasteiger charge is 2.13. The quantitative estimate of drug-likeness (QED) is 0.850. The zero-order valence-corrected chi connectivity index (χ0v) is 9.91. The average molecular weight is 230 g/mol. The number of hydrogen-bond donors (Lipinski definition) is 2. The monoisotopic (exact) mass is 230 g/mol. The van der Waals surface area contributed by atoms with E-state index in [4.69, 9.17) is 4.74 Å². The standard InChI is InChI=1S/C14H18N2O/c1-2-8-15-11(4-1)10-17-14-6-3-5-13-12(14)7-9-16-13/h3,5-7,9,11,15-16H,1-2,4,8,10H2. The minimum Gasteiger partial charge on any atom is -0.491 e. The summed E-state index contributed by atoms with van der Waals surface area (Å²) in [5, 5.41) is 4.67. The predicted octanol–water partition coefficient (Wildman–Crippen LogP) is 2.69. The second-order valence-electron chi connectivity index (χ2n) is 4.65. The van der Waals surface area contributed by atoms with E-state index in [1.54, 1.807) is 0 Å². The predicted molar refractivity (Wildman–Crippen MR) is 69.4 cm³/mol. The van der Waals surface area contributed by atoms with E-state index >= 15 is 0 Å². The van der Waals surface area contributed by atoms with Crippen molar-refractivity contribution in [2.24, 2.45) is 0 Å². The van der Waals surface area contributed by atoms with E-state index in [0.717, 1.165) is 24.4 Å². The van der Waals surface area contributed by atoms with Gasteiger partial charge in [-0.2, -0.15) is 0 Å². The van der Waals surface area contributed by atoms with Crippen LogP contribution in [0.5, 0.6) is 5.75 Å². The first kappa shape index (κ1) is 10.7. The summed E-state index contributed by atoms with van der Waals surface area (Å²) >= 11 is 0. The van der Waals surface area contributed by atoms with Crippen molar-refractivity contribution in [3.8, 4) is 5.75 Å². The molecule has 1 aliphatic heterocycles. The number of aromatic amines is 1. The van der Waals surface area contributed by atoms with E-state index in [1.807, 2.05) is 18.3 Å². The summed E-state index contributed by atoms with van der Waals surface area (Å²) < 4.78 is 5.93. The van der Waals surface area contributed by atoms with Crippen LogP contribution in [0.15, 0.2) is 30.5 Å². The van der Waals surface area contributed by atoms with E-state index < -0.39 is 0 Å². The number of hydrogen-bond acceptors (Lipinski definition) is 2. The Labute approximate surface area is 101 Å². The van der Waals surface area contributed by atoms with Gasteiger partial charge >= 0.3 is 0 Å². The Morgan fingerprint density at radius 2 is 2.24 bits per heavy atom. The highest BCUT2D eigenvalue weighted by Crippen LogP contribution is 2.24. The maximum absolute atomic E-state index is 5.93. The summed E-state index contributed by atoms with van der Waals surface area (Å²) in [5.74, 6) is 0.983. The van der Waals surface area contributed by atoms with Gasteiger partial charge in [0.05, 0.1) is 0 Å². The van der Waals surface area contributed by atoms with Crippen molar-refractivity contribution in [3.63, 3.8) is 0 Å². The fourth-order valence-corrected chi connectivity index (χ4v) is 2.44.